The number of carbonyl (C=O) groups is 1. The lowest BCUT2D eigenvalue weighted by atomic mass is 10.1. The monoisotopic (exact) mass is 454 g/mol. The lowest BCUT2D eigenvalue weighted by Crippen LogP contribution is -2.40. The first kappa shape index (κ1) is 21.9. The van der Waals surface area contributed by atoms with Crippen molar-refractivity contribution in [3.63, 3.8) is 0 Å². The van der Waals surface area contributed by atoms with Crippen LogP contribution in [0.1, 0.15) is 27.6 Å². The van der Waals surface area contributed by atoms with E-state index < -0.39 is 10.0 Å². The molecular formula is C21H22N6O4S. The van der Waals surface area contributed by atoms with Gasteiger partial charge >= 0.3 is 0 Å². The van der Waals surface area contributed by atoms with Crippen molar-refractivity contribution in [3.05, 3.63) is 59.4 Å². The Balaban J connectivity index is 1.65. The normalized spacial score (nSPS) is 14.9. The molecule has 0 saturated carbocycles. The van der Waals surface area contributed by atoms with Crippen LogP contribution >= 0.6 is 0 Å². The molecule has 10 nitrogen and oxygen atoms in total. The zero-order chi connectivity index (χ0) is 22.9. The highest BCUT2D eigenvalue weighted by Crippen LogP contribution is 2.25. The maximum Gasteiger partial charge on any atom is 0.252 e. The second-order valence-corrected chi connectivity index (χ2v) is 9.37. The summed E-state index contributed by atoms with van der Waals surface area (Å²) < 4.78 is 36.0. The fourth-order valence-corrected chi connectivity index (χ4v) is 5.26. The van der Waals surface area contributed by atoms with Crippen molar-refractivity contribution < 1.29 is 17.9 Å². The molecule has 0 N–H and O–H groups in total. The molecule has 0 spiro atoms. The summed E-state index contributed by atoms with van der Waals surface area (Å²) in [6, 6.07) is 10.3. The van der Waals surface area contributed by atoms with Crippen LogP contribution in [-0.4, -0.2) is 64.1 Å². The molecule has 32 heavy (non-hydrogen) atoms. The van der Waals surface area contributed by atoms with Crippen LogP contribution in [0.2, 0.25) is 0 Å². The van der Waals surface area contributed by atoms with Gasteiger partial charge in [0.25, 0.3) is 5.82 Å². The molecule has 3 aromatic rings. The minimum atomic E-state index is -3.64. The third kappa shape index (κ3) is 4.08. The van der Waals surface area contributed by atoms with Gasteiger partial charge in [-0.3, -0.25) is 4.79 Å². The predicted octanol–water partition coefficient (Wildman–Crippen LogP) is 1.46. The smallest absolute Gasteiger partial charge is 0.252 e. The summed E-state index contributed by atoms with van der Waals surface area (Å²) in [4.78, 5) is 16.9. The molecule has 2 aromatic heterocycles. The Morgan fingerprint density at radius 2 is 1.97 bits per heavy atom. The number of carbonyl (C=O) groups excluding carboxylic acids is 1. The van der Waals surface area contributed by atoms with Crippen molar-refractivity contribution in [2.75, 3.05) is 26.3 Å². The molecule has 1 aromatic carbocycles. The molecule has 1 saturated heterocycles. The zero-order valence-electron chi connectivity index (χ0n) is 17.7. The SMILES string of the molecule is Cc1cc(C(=O)Cn2cnc(C#N)n2)c(C)n1-c1cccc(S(=O)(=O)N2CCOCC2)c1. The minimum Gasteiger partial charge on any atom is -0.379 e. The number of ketones is 1. The highest BCUT2D eigenvalue weighted by molar-refractivity contribution is 7.89. The quantitative estimate of drug-likeness (QED) is 0.517. The lowest BCUT2D eigenvalue weighted by molar-refractivity contribution is 0.0730. The van der Waals surface area contributed by atoms with Crippen LogP contribution in [0, 0.1) is 25.2 Å². The first-order valence-electron chi connectivity index (χ1n) is 10.0. The van der Waals surface area contributed by atoms with E-state index in [0.29, 0.717) is 43.2 Å². The van der Waals surface area contributed by atoms with Crippen molar-refractivity contribution in [1.82, 2.24) is 23.6 Å². The maximum absolute atomic E-state index is 13.1. The first-order valence-corrected chi connectivity index (χ1v) is 11.5. The van der Waals surface area contributed by atoms with Crippen molar-refractivity contribution in [1.29, 1.82) is 5.26 Å². The number of ether oxygens (including phenoxy) is 1. The van der Waals surface area contributed by atoms with E-state index in [4.69, 9.17) is 10.00 Å². The van der Waals surface area contributed by atoms with E-state index in [1.165, 1.54) is 15.3 Å². The Labute approximate surface area is 185 Å². The number of benzene rings is 1. The summed E-state index contributed by atoms with van der Waals surface area (Å²) >= 11 is 0. The number of aromatic nitrogens is 4. The highest BCUT2D eigenvalue weighted by atomic mass is 32.2. The Hall–Kier alpha value is -3.33. The number of rotatable bonds is 6. The van der Waals surface area contributed by atoms with E-state index in [2.05, 4.69) is 10.1 Å². The molecular weight excluding hydrogens is 432 g/mol. The van der Waals surface area contributed by atoms with Gasteiger partial charge in [-0.05, 0) is 38.1 Å². The topological polar surface area (TPSA) is 123 Å². The van der Waals surface area contributed by atoms with Crippen molar-refractivity contribution >= 4 is 15.8 Å². The zero-order valence-corrected chi connectivity index (χ0v) is 18.5. The molecule has 1 fully saturated rings. The molecule has 4 rings (SSSR count). The lowest BCUT2D eigenvalue weighted by Gasteiger charge is -2.26. The third-order valence-corrected chi connectivity index (χ3v) is 7.25. The number of hydrogen-bond donors (Lipinski definition) is 0. The number of nitriles is 1. The van der Waals surface area contributed by atoms with Gasteiger partial charge in [0, 0.05) is 35.7 Å². The largest absolute Gasteiger partial charge is 0.379 e. The number of nitrogens with zero attached hydrogens (tertiary/aromatic N) is 6. The second-order valence-electron chi connectivity index (χ2n) is 7.43. The molecule has 1 aliphatic heterocycles. The summed E-state index contributed by atoms with van der Waals surface area (Å²) in [6.07, 6.45) is 1.34. The first-order chi connectivity index (χ1) is 15.3. The Bertz CT molecular complexity index is 1310. The van der Waals surface area contributed by atoms with E-state index in [-0.39, 0.29) is 23.0 Å². The van der Waals surface area contributed by atoms with Gasteiger partial charge in [0.15, 0.2) is 5.78 Å². The number of sulfonamides is 1. The minimum absolute atomic E-state index is 0.00145. The molecule has 0 aliphatic carbocycles. The summed E-state index contributed by atoms with van der Waals surface area (Å²) in [6.45, 7) is 5.01. The van der Waals surface area contributed by atoms with Gasteiger partial charge in [-0.15, -0.1) is 5.10 Å². The maximum atomic E-state index is 13.1. The molecule has 0 atom stereocenters. The fraction of sp³-hybridized carbons (Fsp3) is 0.333. The van der Waals surface area contributed by atoms with Gasteiger partial charge < -0.3 is 9.30 Å². The van der Waals surface area contributed by atoms with Crippen LogP contribution in [0.25, 0.3) is 5.69 Å². The Morgan fingerprint density at radius 3 is 2.66 bits per heavy atom. The summed E-state index contributed by atoms with van der Waals surface area (Å²) in [5.74, 6) is -0.183. The second kappa shape index (κ2) is 8.66. The van der Waals surface area contributed by atoms with Gasteiger partial charge in [0.1, 0.15) is 18.9 Å². The molecule has 0 amide bonds. The van der Waals surface area contributed by atoms with E-state index in [1.807, 2.05) is 30.6 Å². The van der Waals surface area contributed by atoms with Crippen LogP contribution < -0.4 is 0 Å². The molecule has 1 aliphatic rings. The van der Waals surface area contributed by atoms with E-state index in [0.717, 1.165) is 5.69 Å². The Kier molecular flexibility index (Phi) is 5.92. The molecule has 11 heteroatoms. The van der Waals surface area contributed by atoms with Crippen molar-refractivity contribution in [2.45, 2.75) is 25.3 Å². The van der Waals surface area contributed by atoms with Crippen LogP contribution in [-0.2, 0) is 21.3 Å². The van der Waals surface area contributed by atoms with Gasteiger partial charge in [-0.2, -0.15) is 9.57 Å². The average Bonchev–Trinajstić information content (AvgIpc) is 3.37. The predicted molar refractivity (Wildman–Crippen MR) is 114 cm³/mol. The van der Waals surface area contributed by atoms with Crippen LogP contribution in [0.15, 0.2) is 41.6 Å². The van der Waals surface area contributed by atoms with E-state index >= 15 is 0 Å². The van der Waals surface area contributed by atoms with E-state index in [9.17, 15) is 13.2 Å². The van der Waals surface area contributed by atoms with Crippen molar-refractivity contribution in [2.24, 2.45) is 0 Å². The molecule has 166 valence electrons. The summed E-state index contributed by atoms with van der Waals surface area (Å²) in [7, 11) is -3.64. The van der Waals surface area contributed by atoms with Gasteiger partial charge in [-0.25, -0.2) is 18.1 Å². The van der Waals surface area contributed by atoms with E-state index in [1.54, 1.807) is 24.3 Å². The molecule has 0 radical (unpaired) electrons. The average molecular weight is 455 g/mol. The Morgan fingerprint density at radius 1 is 1.22 bits per heavy atom. The van der Waals surface area contributed by atoms with Gasteiger partial charge in [0.2, 0.25) is 10.0 Å². The standard InChI is InChI=1S/C21H22N6O4S/c1-15-10-19(20(28)13-25-14-23-21(12-22)24-25)16(2)27(15)17-4-3-5-18(11-17)32(29,30)26-6-8-31-9-7-26/h3-5,10-11,14H,6-9,13H2,1-2H3. The fourth-order valence-electron chi connectivity index (χ4n) is 3.82. The molecule has 3 heterocycles. The van der Waals surface area contributed by atoms with Crippen molar-refractivity contribution in [3.8, 4) is 11.8 Å². The summed E-state index contributed by atoms with van der Waals surface area (Å²) in [5.41, 5.74) is 2.64. The number of aryl methyl sites for hydroxylation is 1. The van der Waals surface area contributed by atoms with Gasteiger partial charge in [-0.1, -0.05) is 6.07 Å². The summed E-state index contributed by atoms with van der Waals surface area (Å²) in [5, 5.41) is 12.8. The third-order valence-electron chi connectivity index (χ3n) is 5.36. The van der Waals surface area contributed by atoms with Gasteiger partial charge in [0.05, 0.1) is 18.1 Å². The number of hydrogen-bond acceptors (Lipinski definition) is 7. The highest BCUT2D eigenvalue weighted by Gasteiger charge is 2.27. The molecule has 0 bridgehead atoms. The number of morpholine rings is 1. The molecule has 0 unspecified atom stereocenters. The van der Waals surface area contributed by atoms with Crippen LogP contribution in [0.5, 0.6) is 0 Å². The number of Topliss-reactive ketones (excluding diaryl/α,β-unsaturated/α-hetero) is 1. The van der Waals surface area contributed by atoms with Crippen LogP contribution in [0.4, 0.5) is 0 Å². The van der Waals surface area contributed by atoms with Crippen LogP contribution in [0.3, 0.4) is 0 Å².